The number of phenolic OH excluding ortho intramolecular Hbond substituents is 1. The van der Waals surface area contributed by atoms with Crippen LogP contribution in [-0.2, 0) is 0 Å². The van der Waals surface area contributed by atoms with E-state index >= 15 is 0 Å². The highest BCUT2D eigenvalue weighted by atomic mass is 19.1. The molecule has 0 aliphatic heterocycles. The van der Waals surface area contributed by atoms with Crippen molar-refractivity contribution in [1.29, 1.82) is 0 Å². The van der Waals surface area contributed by atoms with Gasteiger partial charge < -0.3 is 10.1 Å². The number of carbonyl (C=O) groups is 1. The first-order chi connectivity index (χ1) is 6.20. The van der Waals surface area contributed by atoms with Crippen LogP contribution in [0, 0.1) is 5.82 Å². The minimum Gasteiger partial charge on any atom is -0.507 e. The second-order valence-electron chi connectivity index (χ2n) is 2.73. The summed E-state index contributed by atoms with van der Waals surface area (Å²) in [5.41, 5.74) is 0.732. The van der Waals surface area contributed by atoms with E-state index in [2.05, 4.69) is 4.98 Å². The lowest BCUT2D eigenvalue weighted by Gasteiger charge is -1.93. The minimum absolute atomic E-state index is 0.167. The van der Waals surface area contributed by atoms with Gasteiger partial charge in [-0.25, -0.2) is 4.39 Å². The maximum atomic E-state index is 12.7. The van der Waals surface area contributed by atoms with Gasteiger partial charge in [0.05, 0.1) is 11.2 Å². The van der Waals surface area contributed by atoms with Gasteiger partial charge in [0.2, 0.25) is 0 Å². The molecule has 0 radical (unpaired) electrons. The van der Waals surface area contributed by atoms with Crippen LogP contribution >= 0.6 is 0 Å². The van der Waals surface area contributed by atoms with Gasteiger partial charge in [-0.2, -0.15) is 0 Å². The number of nitrogens with one attached hydrogen (secondary N) is 1. The highest BCUT2D eigenvalue weighted by molar-refractivity contribution is 5.91. The number of carbonyl (C=O) groups excluding carboxylic acids is 1. The van der Waals surface area contributed by atoms with Gasteiger partial charge in [0.25, 0.3) is 0 Å². The standard InChI is InChI=1S/C9H6FNO2/c10-5-1-8-7(9(13)2-5)3-6(4-12)11-8/h1-4,11,13H. The molecule has 1 aromatic carbocycles. The van der Waals surface area contributed by atoms with Crippen LogP contribution in [0.2, 0.25) is 0 Å². The summed E-state index contributed by atoms with van der Waals surface area (Å²) in [6.45, 7) is 0. The second-order valence-corrected chi connectivity index (χ2v) is 2.73. The molecule has 0 aliphatic rings. The number of halogens is 1. The summed E-state index contributed by atoms with van der Waals surface area (Å²) in [6, 6.07) is 3.70. The molecule has 0 saturated carbocycles. The van der Waals surface area contributed by atoms with E-state index in [9.17, 15) is 14.3 Å². The summed E-state index contributed by atoms with van der Waals surface area (Å²) < 4.78 is 12.7. The number of hydrogen-bond acceptors (Lipinski definition) is 2. The van der Waals surface area contributed by atoms with Crippen LogP contribution in [-0.4, -0.2) is 16.4 Å². The number of fused-ring (bicyclic) bond motifs is 1. The smallest absolute Gasteiger partial charge is 0.166 e. The zero-order valence-corrected chi connectivity index (χ0v) is 6.54. The number of phenols is 1. The van der Waals surface area contributed by atoms with Gasteiger partial charge in [0.1, 0.15) is 11.6 Å². The molecule has 2 N–H and O–H groups in total. The Morgan fingerprint density at radius 1 is 1.38 bits per heavy atom. The van der Waals surface area contributed by atoms with Crippen molar-refractivity contribution < 1.29 is 14.3 Å². The van der Waals surface area contributed by atoms with Crippen molar-refractivity contribution in [1.82, 2.24) is 4.98 Å². The van der Waals surface area contributed by atoms with Crippen molar-refractivity contribution in [2.75, 3.05) is 0 Å². The molecule has 3 nitrogen and oxygen atoms in total. The lowest BCUT2D eigenvalue weighted by Crippen LogP contribution is -1.76. The second kappa shape index (κ2) is 2.58. The molecular formula is C9H6FNO2. The highest BCUT2D eigenvalue weighted by Gasteiger charge is 2.06. The van der Waals surface area contributed by atoms with Crippen molar-refractivity contribution in [2.45, 2.75) is 0 Å². The third kappa shape index (κ3) is 1.16. The van der Waals surface area contributed by atoms with Gasteiger partial charge in [0.15, 0.2) is 6.29 Å². The summed E-state index contributed by atoms with van der Waals surface area (Å²) in [5.74, 6) is -0.705. The van der Waals surface area contributed by atoms with Crippen molar-refractivity contribution in [2.24, 2.45) is 0 Å². The molecule has 0 fully saturated rings. The molecule has 1 heterocycles. The number of aromatic nitrogens is 1. The predicted octanol–water partition coefficient (Wildman–Crippen LogP) is 1.83. The Balaban J connectivity index is 2.82. The summed E-state index contributed by atoms with van der Waals surface area (Å²) >= 11 is 0. The maximum Gasteiger partial charge on any atom is 0.166 e. The Kier molecular flexibility index (Phi) is 1.55. The number of H-pyrrole nitrogens is 1. The number of hydrogen-bond donors (Lipinski definition) is 2. The van der Waals surface area contributed by atoms with Gasteiger partial charge >= 0.3 is 0 Å². The molecule has 13 heavy (non-hydrogen) atoms. The van der Waals surface area contributed by atoms with Crippen LogP contribution in [0.25, 0.3) is 10.9 Å². The minimum atomic E-state index is -0.538. The van der Waals surface area contributed by atoms with Crippen molar-refractivity contribution in [3.63, 3.8) is 0 Å². The monoisotopic (exact) mass is 179 g/mol. The average molecular weight is 179 g/mol. The zero-order valence-electron chi connectivity index (χ0n) is 6.54. The Morgan fingerprint density at radius 3 is 2.85 bits per heavy atom. The van der Waals surface area contributed by atoms with Crippen LogP contribution < -0.4 is 0 Å². The van der Waals surface area contributed by atoms with Gasteiger partial charge in [-0.3, -0.25) is 4.79 Å². The van der Waals surface area contributed by atoms with Crippen LogP contribution in [0.1, 0.15) is 10.5 Å². The van der Waals surface area contributed by atoms with Crippen LogP contribution in [0.5, 0.6) is 5.75 Å². The van der Waals surface area contributed by atoms with Gasteiger partial charge in [0, 0.05) is 11.5 Å². The highest BCUT2D eigenvalue weighted by Crippen LogP contribution is 2.25. The summed E-state index contributed by atoms with van der Waals surface area (Å²) in [5, 5.41) is 9.73. The average Bonchev–Trinajstić information content (AvgIpc) is 2.47. The zero-order chi connectivity index (χ0) is 9.42. The number of benzene rings is 1. The fourth-order valence-electron chi connectivity index (χ4n) is 1.27. The molecule has 0 amide bonds. The van der Waals surface area contributed by atoms with Crippen LogP contribution in [0.3, 0.4) is 0 Å². The maximum absolute atomic E-state index is 12.7. The fourth-order valence-corrected chi connectivity index (χ4v) is 1.27. The molecule has 0 bridgehead atoms. The lowest BCUT2D eigenvalue weighted by molar-refractivity contribution is 0.112. The van der Waals surface area contributed by atoms with Crippen LogP contribution in [0.4, 0.5) is 4.39 Å². The number of rotatable bonds is 1. The number of aromatic amines is 1. The number of aromatic hydroxyl groups is 1. The fraction of sp³-hybridized carbons (Fsp3) is 0. The third-order valence-electron chi connectivity index (χ3n) is 1.83. The van der Waals surface area contributed by atoms with Crippen molar-refractivity contribution in [3.8, 4) is 5.75 Å². The molecular weight excluding hydrogens is 173 g/mol. The quantitative estimate of drug-likeness (QED) is 0.656. The Bertz CT molecular complexity index is 476. The van der Waals surface area contributed by atoms with Crippen molar-refractivity contribution in [3.05, 3.63) is 29.7 Å². The summed E-state index contributed by atoms with van der Waals surface area (Å²) in [4.78, 5) is 13.0. The van der Waals surface area contributed by atoms with E-state index in [1.54, 1.807) is 0 Å². The molecule has 4 heteroatoms. The SMILES string of the molecule is O=Cc1cc2c(O)cc(F)cc2[nH]1. The molecule has 2 rings (SSSR count). The van der Waals surface area contributed by atoms with Crippen molar-refractivity contribution >= 4 is 17.2 Å². The Morgan fingerprint density at radius 2 is 2.15 bits per heavy atom. The predicted molar refractivity (Wildman–Crippen MR) is 45.3 cm³/mol. The molecule has 0 unspecified atom stereocenters. The first-order valence-electron chi connectivity index (χ1n) is 3.67. The molecule has 0 atom stereocenters. The molecule has 2 aromatic rings. The van der Waals surface area contributed by atoms with E-state index in [1.165, 1.54) is 12.1 Å². The molecule has 1 aromatic heterocycles. The van der Waals surface area contributed by atoms with E-state index in [1.807, 2.05) is 0 Å². The topological polar surface area (TPSA) is 53.1 Å². The molecule has 0 spiro atoms. The Labute approximate surface area is 72.8 Å². The van der Waals surface area contributed by atoms with E-state index in [0.717, 1.165) is 6.07 Å². The lowest BCUT2D eigenvalue weighted by atomic mass is 10.2. The van der Waals surface area contributed by atoms with Gasteiger partial charge in [-0.15, -0.1) is 0 Å². The summed E-state index contributed by atoms with van der Waals surface area (Å²) in [6.07, 6.45) is 0.608. The van der Waals surface area contributed by atoms with Gasteiger partial charge in [-0.05, 0) is 12.1 Å². The molecule has 66 valence electrons. The normalized spacial score (nSPS) is 10.5. The number of aldehydes is 1. The van der Waals surface area contributed by atoms with E-state index in [0.29, 0.717) is 22.9 Å². The van der Waals surface area contributed by atoms with Gasteiger partial charge in [-0.1, -0.05) is 0 Å². The van der Waals surface area contributed by atoms with E-state index in [-0.39, 0.29) is 5.75 Å². The van der Waals surface area contributed by atoms with Crippen LogP contribution in [0.15, 0.2) is 18.2 Å². The Hall–Kier alpha value is -1.84. The van der Waals surface area contributed by atoms with E-state index < -0.39 is 5.82 Å². The first-order valence-corrected chi connectivity index (χ1v) is 3.67. The molecule has 0 aliphatic carbocycles. The third-order valence-corrected chi connectivity index (χ3v) is 1.83. The van der Waals surface area contributed by atoms with E-state index in [4.69, 9.17) is 0 Å². The largest absolute Gasteiger partial charge is 0.507 e. The summed E-state index contributed by atoms with van der Waals surface area (Å²) in [7, 11) is 0. The first kappa shape index (κ1) is 7.79. The molecule has 0 saturated heterocycles.